The van der Waals surface area contributed by atoms with Crippen LogP contribution in [0.2, 0.25) is 0 Å². The summed E-state index contributed by atoms with van der Waals surface area (Å²) < 4.78 is 1.89. The van der Waals surface area contributed by atoms with Crippen LogP contribution in [0.3, 0.4) is 0 Å². The zero-order valence-electron chi connectivity index (χ0n) is 16.6. The van der Waals surface area contributed by atoms with Gasteiger partial charge in [-0.3, -0.25) is 0 Å². The summed E-state index contributed by atoms with van der Waals surface area (Å²) in [6, 6.07) is 18.9. The lowest BCUT2D eigenvalue weighted by molar-refractivity contribution is 0.799. The van der Waals surface area contributed by atoms with Gasteiger partial charge >= 0.3 is 0 Å². The van der Waals surface area contributed by atoms with Crippen LogP contribution in [0, 0.1) is 6.92 Å². The number of anilines is 2. The number of hydrogen-bond acceptors (Lipinski definition) is 5. The van der Waals surface area contributed by atoms with Crippen LogP contribution in [0.5, 0.6) is 0 Å². The summed E-state index contributed by atoms with van der Waals surface area (Å²) in [5, 5.41) is 5.59. The molecule has 6 heteroatoms. The molecule has 29 heavy (non-hydrogen) atoms. The molecule has 5 rings (SSSR count). The van der Waals surface area contributed by atoms with E-state index in [4.69, 9.17) is 0 Å². The lowest BCUT2D eigenvalue weighted by atomic mass is 10.2. The third kappa shape index (κ3) is 3.42. The molecule has 0 unspecified atom stereocenters. The first kappa shape index (κ1) is 17.7. The molecule has 146 valence electrons. The van der Waals surface area contributed by atoms with E-state index < -0.39 is 0 Å². The van der Waals surface area contributed by atoms with Crippen molar-refractivity contribution in [2.24, 2.45) is 0 Å². The summed E-state index contributed by atoms with van der Waals surface area (Å²) in [5.41, 5.74) is 4.44. The van der Waals surface area contributed by atoms with E-state index >= 15 is 0 Å². The first-order valence-electron chi connectivity index (χ1n) is 10.1. The second kappa shape index (κ2) is 7.54. The van der Waals surface area contributed by atoms with Crippen molar-refractivity contribution < 1.29 is 0 Å². The van der Waals surface area contributed by atoms with Gasteiger partial charge in [0, 0.05) is 31.9 Å². The molecule has 2 aromatic heterocycles. The van der Waals surface area contributed by atoms with Gasteiger partial charge in [-0.05, 0) is 37.6 Å². The zero-order chi connectivity index (χ0) is 19.6. The Kier molecular flexibility index (Phi) is 4.60. The zero-order valence-corrected chi connectivity index (χ0v) is 16.6. The highest BCUT2D eigenvalue weighted by molar-refractivity contribution is 5.87. The summed E-state index contributed by atoms with van der Waals surface area (Å²) in [6.07, 6.45) is 4.63. The van der Waals surface area contributed by atoms with Gasteiger partial charge in [0.1, 0.15) is 12.1 Å². The molecule has 1 aliphatic rings. The Bertz CT molecular complexity index is 1100. The van der Waals surface area contributed by atoms with Crippen LogP contribution in [-0.4, -0.2) is 45.9 Å². The molecular weight excluding hydrogens is 360 g/mol. The maximum atomic E-state index is 4.63. The lowest BCUT2D eigenvalue weighted by Crippen LogP contribution is -2.31. The van der Waals surface area contributed by atoms with Crippen LogP contribution in [0.25, 0.3) is 16.7 Å². The van der Waals surface area contributed by atoms with E-state index in [0.717, 1.165) is 55.1 Å². The van der Waals surface area contributed by atoms with E-state index in [1.165, 1.54) is 11.3 Å². The average Bonchev–Trinajstić information content (AvgIpc) is 3.05. The van der Waals surface area contributed by atoms with Gasteiger partial charge in [0.05, 0.1) is 17.3 Å². The van der Waals surface area contributed by atoms with E-state index in [-0.39, 0.29) is 0 Å². The van der Waals surface area contributed by atoms with Gasteiger partial charge in [0.25, 0.3) is 0 Å². The maximum absolute atomic E-state index is 4.63. The predicted molar refractivity (Wildman–Crippen MR) is 117 cm³/mol. The molecule has 1 aliphatic heterocycles. The van der Waals surface area contributed by atoms with Gasteiger partial charge in [-0.2, -0.15) is 5.10 Å². The van der Waals surface area contributed by atoms with Crippen molar-refractivity contribution in [2.75, 3.05) is 36.0 Å². The Balaban J connectivity index is 1.42. The minimum atomic E-state index is 0.848. The minimum Gasteiger partial charge on any atom is -0.370 e. The molecule has 1 fully saturated rings. The highest BCUT2D eigenvalue weighted by Crippen LogP contribution is 2.26. The van der Waals surface area contributed by atoms with Crippen LogP contribution in [0.1, 0.15) is 12.0 Å². The molecule has 2 aromatic carbocycles. The molecule has 0 saturated carbocycles. The lowest BCUT2D eigenvalue weighted by Gasteiger charge is -2.24. The molecule has 1 saturated heterocycles. The van der Waals surface area contributed by atoms with Gasteiger partial charge in [0.2, 0.25) is 0 Å². The fraction of sp³-hybridized carbons (Fsp3) is 0.261. The Morgan fingerprint density at radius 1 is 0.759 bits per heavy atom. The highest BCUT2D eigenvalue weighted by Gasteiger charge is 2.20. The van der Waals surface area contributed by atoms with Gasteiger partial charge in [0.15, 0.2) is 5.65 Å². The summed E-state index contributed by atoms with van der Waals surface area (Å²) in [4.78, 5) is 14.0. The number of fused-ring (bicyclic) bond motifs is 1. The first-order valence-corrected chi connectivity index (χ1v) is 10.1. The van der Waals surface area contributed by atoms with Crippen molar-refractivity contribution >= 4 is 22.5 Å². The van der Waals surface area contributed by atoms with Crippen LogP contribution in [0.15, 0.2) is 67.1 Å². The van der Waals surface area contributed by atoms with E-state index in [2.05, 4.69) is 56.1 Å². The average molecular weight is 384 g/mol. The molecule has 0 bridgehead atoms. The topological polar surface area (TPSA) is 50.1 Å². The molecule has 0 atom stereocenters. The van der Waals surface area contributed by atoms with E-state index in [1.807, 2.05) is 41.2 Å². The van der Waals surface area contributed by atoms with Crippen molar-refractivity contribution in [3.8, 4) is 5.69 Å². The SMILES string of the molecule is Cc1ccc(N2CCCN(c3ncnc4c3cnn4-c3ccccc3)CC2)cc1. The minimum absolute atomic E-state index is 0.848. The molecule has 3 heterocycles. The van der Waals surface area contributed by atoms with Crippen LogP contribution < -0.4 is 9.80 Å². The number of aromatic nitrogens is 4. The predicted octanol–water partition coefficient (Wildman–Crippen LogP) is 3.84. The summed E-state index contributed by atoms with van der Waals surface area (Å²) in [6.45, 7) is 6.06. The molecule has 6 nitrogen and oxygen atoms in total. The first-order chi connectivity index (χ1) is 14.3. The van der Waals surface area contributed by atoms with Gasteiger partial charge in [-0.1, -0.05) is 35.9 Å². The second-order valence-electron chi connectivity index (χ2n) is 7.49. The summed E-state index contributed by atoms with van der Waals surface area (Å²) >= 11 is 0. The Morgan fingerprint density at radius 2 is 1.52 bits per heavy atom. The van der Waals surface area contributed by atoms with Gasteiger partial charge < -0.3 is 9.80 Å². The molecule has 0 N–H and O–H groups in total. The van der Waals surface area contributed by atoms with Crippen molar-refractivity contribution in [2.45, 2.75) is 13.3 Å². The quantitative estimate of drug-likeness (QED) is 0.537. The molecule has 4 aromatic rings. The number of benzene rings is 2. The Labute approximate surface area is 170 Å². The monoisotopic (exact) mass is 384 g/mol. The van der Waals surface area contributed by atoms with Gasteiger partial charge in [-0.15, -0.1) is 0 Å². The number of hydrogen-bond donors (Lipinski definition) is 0. The maximum Gasteiger partial charge on any atom is 0.168 e. The number of rotatable bonds is 3. The van der Waals surface area contributed by atoms with Crippen LogP contribution in [-0.2, 0) is 0 Å². The summed E-state index contributed by atoms with van der Waals surface area (Å²) in [5.74, 6) is 0.975. The Morgan fingerprint density at radius 3 is 2.34 bits per heavy atom. The third-order valence-corrected chi connectivity index (χ3v) is 5.54. The molecule has 0 radical (unpaired) electrons. The molecular formula is C23H24N6. The molecule has 0 aliphatic carbocycles. The number of aryl methyl sites for hydroxylation is 1. The van der Waals surface area contributed by atoms with Crippen LogP contribution >= 0.6 is 0 Å². The Hall–Kier alpha value is -3.41. The van der Waals surface area contributed by atoms with E-state index in [1.54, 1.807) is 6.33 Å². The summed E-state index contributed by atoms with van der Waals surface area (Å²) in [7, 11) is 0. The normalized spacial score (nSPS) is 14.9. The fourth-order valence-electron chi connectivity index (χ4n) is 3.98. The number of nitrogens with zero attached hydrogens (tertiary/aromatic N) is 6. The highest BCUT2D eigenvalue weighted by atomic mass is 15.3. The number of para-hydroxylation sites is 1. The standard InChI is InChI=1S/C23H24N6/c1-18-8-10-19(11-9-18)27-12-5-13-28(15-14-27)22-21-16-26-29(23(21)25-17-24-22)20-6-3-2-4-7-20/h2-4,6-11,16-17H,5,12-15H2,1H3. The molecule has 0 spiro atoms. The largest absolute Gasteiger partial charge is 0.370 e. The van der Waals surface area contributed by atoms with E-state index in [9.17, 15) is 0 Å². The second-order valence-corrected chi connectivity index (χ2v) is 7.49. The third-order valence-electron chi connectivity index (χ3n) is 5.54. The van der Waals surface area contributed by atoms with Gasteiger partial charge in [-0.25, -0.2) is 14.6 Å². The van der Waals surface area contributed by atoms with E-state index in [0.29, 0.717) is 0 Å². The van der Waals surface area contributed by atoms with Crippen LogP contribution in [0.4, 0.5) is 11.5 Å². The molecule has 0 amide bonds. The van der Waals surface area contributed by atoms with Crippen molar-refractivity contribution in [3.05, 3.63) is 72.7 Å². The smallest absolute Gasteiger partial charge is 0.168 e. The van der Waals surface area contributed by atoms with Crippen molar-refractivity contribution in [1.82, 2.24) is 19.7 Å². The fourth-order valence-corrected chi connectivity index (χ4v) is 3.98. The van der Waals surface area contributed by atoms with Crippen molar-refractivity contribution in [1.29, 1.82) is 0 Å². The van der Waals surface area contributed by atoms with Crippen molar-refractivity contribution in [3.63, 3.8) is 0 Å².